The zero-order valence-electron chi connectivity index (χ0n) is 11.2. The lowest BCUT2D eigenvalue weighted by Gasteiger charge is -2.06. The number of nitrogens with zero attached hydrogens (tertiary/aromatic N) is 1. The minimum atomic E-state index is 0.0924. The maximum Gasteiger partial charge on any atom is 0.193 e. The van der Waals surface area contributed by atoms with E-state index < -0.39 is 0 Å². The summed E-state index contributed by atoms with van der Waals surface area (Å²) in [5.41, 5.74) is 7.53. The highest BCUT2D eigenvalue weighted by atomic mass is 16.5. The predicted octanol–water partition coefficient (Wildman–Crippen LogP) is 2.33. The van der Waals surface area contributed by atoms with Gasteiger partial charge in [0, 0.05) is 5.69 Å². The van der Waals surface area contributed by atoms with Gasteiger partial charge in [-0.05, 0) is 29.8 Å². The van der Waals surface area contributed by atoms with Crippen molar-refractivity contribution < 1.29 is 9.84 Å². The van der Waals surface area contributed by atoms with Gasteiger partial charge in [-0.2, -0.15) is 0 Å². The molecular weight excluding hydrogens is 254 g/mol. The molecule has 0 aliphatic rings. The lowest BCUT2D eigenvalue weighted by Crippen LogP contribution is -2.22. The minimum Gasteiger partial charge on any atom is -0.504 e. The number of anilines is 1. The Labute approximate surface area is 117 Å². The van der Waals surface area contributed by atoms with Crippen LogP contribution in [-0.2, 0) is 6.54 Å². The molecule has 0 fully saturated rings. The van der Waals surface area contributed by atoms with Crippen LogP contribution >= 0.6 is 0 Å². The molecule has 0 radical (unpaired) electrons. The van der Waals surface area contributed by atoms with Crippen LogP contribution in [0.25, 0.3) is 0 Å². The average molecular weight is 271 g/mol. The van der Waals surface area contributed by atoms with Gasteiger partial charge in [-0.25, -0.2) is 4.99 Å². The SMILES string of the molecule is COc1ccc(CN=C(N)Nc2ccccc2)cc1O. The highest BCUT2D eigenvalue weighted by Crippen LogP contribution is 2.26. The zero-order chi connectivity index (χ0) is 14.4. The normalized spacial score (nSPS) is 11.2. The molecule has 0 saturated heterocycles. The van der Waals surface area contributed by atoms with Gasteiger partial charge in [0.25, 0.3) is 0 Å². The summed E-state index contributed by atoms with van der Waals surface area (Å²) in [6.45, 7) is 0.378. The number of aromatic hydroxyl groups is 1. The number of nitrogens with two attached hydrogens (primary N) is 1. The van der Waals surface area contributed by atoms with Crippen molar-refractivity contribution in [3.63, 3.8) is 0 Å². The third-order valence-corrected chi connectivity index (χ3v) is 2.72. The van der Waals surface area contributed by atoms with Gasteiger partial charge >= 0.3 is 0 Å². The van der Waals surface area contributed by atoms with Crippen LogP contribution in [0.3, 0.4) is 0 Å². The summed E-state index contributed by atoms with van der Waals surface area (Å²) in [5.74, 6) is 0.856. The highest BCUT2D eigenvalue weighted by Gasteiger charge is 2.02. The van der Waals surface area contributed by atoms with E-state index >= 15 is 0 Å². The molecule has 0 aliphatic carbocycles. The number of methoxy groups -OCH3 is 1. The first kappa shape index (κ1) is 13.7. The molecule has 0 saturated carbocycles. The molecule has 0 unspecified atom stereocenters. The number of hydrogen-bond acceptors (Lipinski definition) is 3. The van der Waals surface area contributed by atoms with Crippen LogP contribution in [0.15, 0.2) is 53.5 Å². The van der Waals surface area contributed by atoms with Gasteiger partial charge in [-0.1, -0.05) is 24.3 Å². The number of nitrogens with one attached hydrogen (secondary N) is 1. The van der Waals surface area contributed by atoms with Gasteiger partial charge in [-0.15, -0.1) is 0 Å². The fourth-order valence-corrected chi connectivity index (χ4v) is 1.72. The summed E-state index contributed by atoms with van der Waals surface area (Å²) in [5, 5.41) is 12.7. The Kier molecular flexibility index (Phi) is 4.44. The monoisotopic (exact) mass is 271 g/mol. The molecule has 20 heavy (non-hydrogen) atoms. The van der Waals surface area contributed by atoms with Crippen molar-refractivity contribution in [2.45, 2.75) is 6.54 Å². The van der Waals surface area contributed by atoms with Gasteiger partial charge in [0.15, 0.2) is 17.5 Å². The molecule has 0 amide bonds. The Bertz CT molecular complexity index is 597. The molecule has 0 spiro atoms. The predicted molar refractivity (Wildman–Crippen MR) is 80.0 cm³/mol. The van der Waals surface area contributed by atoms with Crippen LogP contribution in [0, 0.1) is 0 Å². The lowest BCUT2D eigenvalue weighted by molar-refractivity contribution is 0.373. The zero-order valence-corrected chi connectivity index (χ0v) is 11.2. The molecule has 5 nitrogen and oxygen atoms in total. The van der Waals surface area contributed by atoms with Crippen LogP contribution in [0.2, 0.25) is 0 Å². The molecule has 0 atom stereocenters. The molecule has 2 aromatic rings. The Morgan fingerprint density at radius 1 is 1.25 bits per heavy atom. The van der Waals surface area contributed by atoms with E-state index in [-0.39, 0.29) is 5.75 Å². The lowest BCUT2D eigenvalue weighted by atomic mass is 10.2. The van der Waals surface area contributed by atoms with Gasteiger partial charge < -0.3 is 20.9 Å². The number of para-hydroxylation sites is 1. The van der Waals surface area contributed by atoms with Gasteiger partial charge in [-0.3, -0.25) is 0 Å². The first-order valence-corrected chi connectivity index (χ1v) is 6.17. The third-order valence-electron chi connectivity index (χ3n) is 2.72. The van der Waals surface area contributed by atoms with E-state index in [1.807, 2.05) is 36.4 Å². The second kappa shape index (κ2) is 6.47. The Morgan fingerprint density at radius 2 is 2.00 bits per heavy atom. The molecule has 0 aromatic heterocycles. The van der Waals surface area contributed by atoms with Crippen LogP contribution in [0.4, 0.5) is 5.69 Å². The van der Waals surface area contributed by atoms with Crippen LogP contribution < -0.4 is 15.8 Å². The van der Waals surface area contributed by atoms with Gasteiger partial charge in [0.1, 0.15) is 0 Å². The van der Waals surface area contributed by atoms with Crippen molar-refractivity contribution in [2.24, 2.45) is 10.7 Å². The number of ether oxygens (including phenoxy) is 1. The molecule has 0 heterocycles. The van der Waals surface area contributed by atoms with Crippen molar-refractivity contribution >= 4 is 11.6 Å². The topological polar surface area (TPSA) is 79.9 Å². The van der Waals surface area contributed by atoms with Crippen molar-refractivity contribution in [1.29, 1.82) is 0 Å². The largest absolute Gasteiger partial charge is 0.504 e. The quantitative estimate of drug-likeness (QED) is 0.589. The van der Waals surface area contributed by atoms with E-state index in [1.54, 1.807) is 12.1 Å². The number of aliphatic imine (C=N–C) groups is 1. The number of hydrogen-bond donors (Lipinski definition) is 3. The van der Waals surface area contributed by atoms with E-state index in [4.69, 9.17) is 10.5 Å². The highest BCUT2D eigenvalue weighted by molar-refractivity contribution is 5.92. The van der Waals surface area contributed by atoms with E-state index in [1.165, 1.54) is 7.11 Å². The smallest absolute Gasteiger partial charge is 0.193 e. The van der Waals surface area contributed by atoms with E-state index in [2.05, 4.69) is 10.3 Å². The van der Waals surface area contributed by atoms with Crippen molar-refractivity contribution in [2.75, 3.05) is 12.4 Å². The summed E-state index contributed by atoms with van der Waals surface area (Å²) < 4.78 is 4.98. The Hall–Kier alpha value is -2.69. The fraction of sp³-hybridized carbons (Fsp3) is 0.133. The van der Waals surface area contributed by atoms with Crippen molar-refractivity contribution in [3.8, 4) is 11.5 Å². The molecule has 2 aromatic carbocycles. The maximum absolute atomic E-state index is 9.67. The van der Waals surface area contributed by atoms with Crippen LogP contribution in [-0.4, -0.2) is 18.2 Å². The number of phenols is 1. The summed E-state index contributed by atoms with van der Waals surface area (Å²) >= 11 is 0. The Balaban J connectivity index is 2.00. The molecule has 0 bridgehead atoms. The summed E-state index contributed by atoms with van der Waals surface area (Å²) in [7, 11) is 1.51. The minimum absolute atomic E-state index is 0.0924. The molecule has 4 N–H and O–H groups in total. The summed E-state index contributed by atoms with van der Waals surface area (Å²) in [4.78, 5) is 4.22. The van der Waals surface area contributed by atoms with Crippen LogP contribution in [0.5, 0.6) is 11.5 Å². The van der Waals surface area contributed by atoms with Gasteiger partial charge in [0.2, 0.25) is 0 Å². The average Bonchev–Trinajstić information content (AvgIpc) is 2.46. The number of benzene rings is 2. The maximum atomic E-state index is 9.67. The third kappa shape index (κ3) is 3.65. The summed E-state index contributed by atoms with van der Waals surface area (Å²) in [6.07, 6.45) is 0. The molecule has 2 rings (SSSR count). The second-order valence-corrected chi connectivity index (χ2v) is 4.20. The fourth-order valence-electron chi connectivity index (χ4n) is 1.72. The second-order valence-electron chi connectivity index (χ2n) is 4.20. The number of rotatable bonds is 4. The van der Waals surface area contributed by atoms with Crippen molar-refractivity contribution in [1.82, 2.24) is 0 Å². The van der Waals surface area contributed by atoms with E-state index in [0.29, 0.717) is 18.3 Å². The molecule has 104 valence electrons. The van der Waals surface area contributed by atoms with Gasteiger partial charge in [0.05, 0.1) is 13.7 Å². The molecule has 0 aliphatic heterocycles. The summed E-state index contributed by atoms with van der Waals surface area (Å²) in [6, 6.07) is 14.7. The number of guanidine groups is 1. The van der Waals surface area contributed by atoms with E-state index in [9.17, 15) is 5.11 Å². The number of phenolic OH excluding ortho intramolecular Hbond substituents is 1. The molecule has 5 heteroatoms. The molecular formula is C15H17N3O2. The van der Waals surface area contributed by atoms with E-state index in [0.717, 1.165) is 11.3 Å². The van der Waals surface area contributed by atoms with Crippen molar-refractivity contribution in [3.05, 3.63) is 54.1 Å². The first-order chi connectivity index (χ1) is 9.69. The first-order valence-electron chi connectivity index (χ1n) is 6.17. The van der Waals surface area contributed by atoms with Crippen LogP contribution in [0.1, 0.15) is 5.56 Å². The Morgan fingerprint density at radius 3 is 2.65 bits per heavy atom. The standard InChI is InChI=1S/C15H17N3O2/c1-20-14-8-7-11(9-13(14)19)10-17-15(16)18-12-5-3-2-4-6-12/h2-9,19H,10H2,1H3,(H3,16,17,18).